The molecule has 4 N–H and O–H groups in total. The third-order valence-corrected chi connectivity index (χ3v) is 3.82. The predicted octanol–water partition coefficient (Wildman–Crippen LogP) is 2.85. The first kappa shape index (κ1) is 24.7. The van der Waals surface area contributed by atoms with Gasteiger partial charge in [-0.3, -0.25) is 0 Å². The summed E-state index contributed by atoms with van der Waals surface area (Å²) in [5.74, 6) is 0.970. The largest absolute Gasteiger partial charge is 0.494 e. The standard InChI is InChI=1S/C17H28N2O.2ClH.H2O/c1-15(18)14-16-6-8-17(9-7-16)20-13-5-12-19-10-3-2-4-11-19;;;/h6-9,15H,2-5,10-14,18H2,1H3;2*1H;1H2. The molecule has 1 heterocycles. The second-order valence-corrected chi connectivity index (χ2v) is 5.93. The Balaban J connectivity index is 0. The Labute approximate surface area is 152 Å². The first-order valence-electron chi connectivity index (χ1n) is 7.94. The summed E-state index contributed by atoms with van der Waals surface area (Å²) in [6, 6.07) is 8.55. The number of piperidine rings is 1. The maximum absolute atomic E-state index is 5.80. The summed E-state index contributed by atoms with van der Waals surface area (Å²) in [6.45, 7) is 6.55. The van der Waals surface area contributed by atoms with Gasteiger partial charge in [-0.1, -0.05) is 18.6 Å². The van der Waals surface area contributed by atoms with Gasteiger partial charge >= 0.3 is 0 Å². The molecule has 1 aromatic rings. The van der Waals surface area contributed by atoms with Crippen molar-refractivity contribution in [2.45, 2.75) is 45.1 Å². The van der Waals surface area contributed by atoms with Crippen molar-refractivity contribution in [1.29, 1.82) is 0 Å². The van der Waals surface area contributed by atoms with E-state index >= 15 is 0 Å². The van der Waals surface area contributed by atoms with Gasteiger partial charge in [0.25, 0.3) is 0 Å². The van der Waals surface area contributed by atoms with E-state index in [-0.39, 0.29) is 36.3 Å². The van der Waals surface area contributed by atoms with Crippen molar-refractivity contribution in [3.05, 3.63) is 29.8 Å². The van der Waals surface area contributed by atoms with Crippen molar-refractivity contribution in [2.24, 2.45) is 5.73 Å². The second kappa shape index (κ2) is 13.9. The van der Waals surface area contributed by atoms with Crippen molar-refractivity contribution in [3.8, 4) is 5.75 Å². The first-order chi connectivity index (χ1) is 9.74. The van der Waals surface area contributed by atoms with Crippen LogP contribution < -0.4 is 10.5 Å². The van der Waals surface area contributed by atoms with Crippen molar-refractivity contribution < 1.29 is 10.2 Å². The fraction of sp³-hybridized carbons (Fsp3) is 0.647. The molecular weight excluding hydrogens is 335 g/mol. The Morgan fingerprint density at radius 3 is 2.26 bits per heavy atom. The molecule has 2 rings (SSSR count). The Morgan fingerprint density at radius 2 is 1.70 bits per heavy atom. The molecule has 0 saturated carbocycles. The van der Waals surface area contributed by atoms with Crippen LogP contribution in [0.5, 0.6) is 5.75 Å². The predicted molar refractivity (Wildman–Crippen MR) is 102 cm³/mol. The monoisotopic (exact) mass is 366 g/mol. The molecule has 1 aliphatic rings. The van der Waals surface area contributed by atoms with Gasteiger partial charge in [-0.15, -0.1) is 24.8 Å². The highest BCUT2D eigenvalue weighted by Crippen LogP contribution is 2.14. The molecule has 0 aromatic heterocycles. The SMILES string of the molecule is CC(N)Cc1ccc(OCCCN2CCCCC2)cc1.Cl.Cl.O. The molecule has 23 heavy (non-hydrogen) atoms. The molecule has 0 bridgehead atoms. The lowest BCUT2D eigenvalue weighted by Crippen LogP contribution is -2.31. The number of ether oxygens (including phenoxy) is 1. The van der Waals surface area contributed by atoms with Crippen LogP contribution in [0.4, 0.5) is 0 Å². The number of hydrogen-bond donors (Lipinski definition) is 1. The van der Waals surface area contributed by atoms with Crippen molar-refractivity contribution in [3.63, 3.8) is 0 Å². The zero-order valence-electron chi connectivity index (χ0n) is 14.0. The molecule has 4 nitrogen and oxygen atoms in total. The Kier molecular flexibility index (Phi) is 14.9. The van der Waals surface area contributed by atoms with Gasteiger partial charge in [0.05, 0.1) is 6.61 Å². The third kappa shape index (κ3) is 10.0. The molecule has 1 aliphatic heterocycles. The minimum atomic E-state index is 0. The summed E-state index contributed by atoms with van der Waals surface area (Å²) in [5, 5.41) is 0. The fourth-order valence-corrected chi connectivity index (χ4v) is 2.75. The number of rotatable bonds is 7. The van der Waals surface area contributed by atoms with Crippen molar-refractivity contribution >= 4 is 24.8 Å². The topological polar surface area (TPSA) is 70.0 Å². The summed E-state index contributed by atoms with van der Waals surface area (Å²) in [4.78, 5) is 2.55. The van der Waals surface area contributed by atoms with Gasteiger partial charge < -0.3 is 20.8 Å². The fourth-order valence-electron chi connectivity index (χ4n) is 2.75. The molecule has 1 unspecified atom stereocenters. The van der Waals surface area contributed by atoms with Crippen molar-refractivity contribution in [2.75, 3.05) is 26.2 Å². The zero-order chi connectivity index (χ0) is 14.2. The highest BCUT2D eigenvalue weighted by atomic mass is 35.5. The molecule has 1 fully saturated rings. The van der Waals surface area contributed by atoms with Gasteiger partial charge in [0.2, 0.25) is 0 Å². The van der Waals surface area contributed by atoms with Gasteiger partial charge in [-0.2, -0.15) is 0 Å². The van der Waals surface area contributed by atoms with Crippen LogP contribution in [-0.2, 0) is 6.42 Å². The van der Waals surface area contributed by atoms with Crippen LogP contribution in [0.3, 0.4) is 0 Å². The second-order valence-electron chi connectivity index (χ2n) is 5.93. The van der Waals surface area contributed by atoms with E-state index in [4.69, 9.17) is 10.5 Å². The Bertz CT molecular complexity index is 383. The molecular formula is C17H32Cl2N2O2. The normalized spacial score (nSPS) is 15.6. The number of halogens is 2. The molecule has 0 radical (unpaired) electrons. The van der Waals surface area contributed by atoms with Gasteiger partial charge in [0.1, 0.15) is 5.75 Å². The Morgan fingerprint density at radius 1 is 1.09 bits per heavy atom. The van der Waals surface area contributed by atoms with Crippen LogP contribution in [0.25, 0.3) is 0 Å². The van der Waals surface area contributed by atoms with E-state index in [0.717, 1.165) is 25.2 Å². The summed E-state index contributed by atoms with van der Waals surface area (Å²) < 4.78 is 5.80. The number of nitrogens with two attached hydrogens (primary N) is 1. The summed E-state index contributed by atoms with van der Waals surface area (Å²) in [7, 11) is 0. The lowest BCUT2D eigenvalue weighted by atomic mass is 10.1. The molecule has 0 spiro atoms. The van der Waals surface area contributed by atoms with E-state index in [9.17, 15) is 0 Å². The number of hydrogen-bond acceptors (Lipinski definition) is 3. The van der Waals surface area contributed by atoms with Gasteiger partial charge in [-0.05, 0) is 63.4 Å². The molecule has 1 atom stereocenters. The van der Waals surface area contributed by atoms with E-state index in [1.165, 1.54) is 44.5 Å². The van der Waals surface area contributed by atoms with E-state index in [1.54, 1.807) is 0 Å². The third-order valence-electron chi connectivity index (χ3n) is 3.82. The first-order valence-corrected chi connectivity index (χ1v) is 7.94. The minimum Gasteiger partial charge on any atom is -0.494 e. The smallest absolute Gasteiger partial charge is 0.119 e. The van der Waals surface area contributed by atoms with E-state index in [0.29, 0.717) is 0 Å². The summed E-state index contributed by atoms with van der Waals surface area (Å²) in [5.41, 5.74) is 7.07. The van der Waals surface area contributed by atoms with Crippen LogP contribution in [0.15, 0.2) is 24.3 Å². The Hall–Kier alpha value is -0.520. The van der Waals surface area contributed by atoms with Crippen LogP contribution in [0, 0.1) is 0 Å². The van der Waals surface area contributed by atoms with Crippen molar-refractivity contribution in [1.82, 2.24) is 4.90 Å². The number of nitrogens with zero attached hydrogens (tertiary/aromatic N) is 1. The quantitative estimate of drug-likeness (QED) is 0.754. The molecule has 136 valence electrons. The van der Waals surface area contributed by atoms with Gasteiger partial charge in [0.15, 0.2) is 0 Å². The van der Waals surface area contributed by atoms with Crippen LogP contribution in [-0.4, -0.2) is 42.7 Å². The van der Waals surface area contributed by atoms with E-state index in [1.807, 2.05) is 6.92 Å². The molecule has 1 aromatic carbocycles. The van der Waals surface area contributed by atoms with Gasteiger partial charge in [-0.25, -0.2) is 0 Å². The summed E-state index contributed by atoms with van der Waals surface area (Å²) in [6.07, 6.45) is 6.17. The summed E-state index contributed by atoms with van der Waals surface area (Å²) >= 11 is 0. The minimum absolute atomic E-state index is 0. The number of benzene rings is 1. The van der Waals surface area contributed by atoms with E-state index in [2.05, 4.69) is 29.2 Å². The molecule has 6 heteroatoms. The van der Waals surface area contributed by atoms with Crippen LogP contribution >= 0.6 is 24.8 Å². The zero-order valence-corrected chi connectivity index (χ0v) is 15.6. The average Bonchev–Trinajstić information content (AvgIpc) is 2.46. The van der Waals surface area contributed by atoms with Crippen LogP contribution in [0.2, 0.25) is 0 Å². The van der Waals surface area contributed by atoms with Crippen LogP contribution in [0.1, 0.15) is 38.2 Å². The number of likely N-dealkylation sites (tertiary alicyclic amines) is 1. The maximum Gasteiger partial charge on any atom is 0.119 e. The highest BCUT2D eigenvalue weighted by molar-refractivity contribution is 5.85. The highest BCUT2D eigenvalue weighted by Gasteiger charge is 2.09. The van der Waals surface area contributed by atoms with E-state index < -0.39 is 0 Å². The average molecular weight is 367 g/mol. The molecule has 0 amide bonds. The van der Waals surface area contributed by atoms with Gasteiger partial charge in [0, 0.05) is 12.6 Å². The molecule has 0 aliphatic carbocycles. The lowest BCUT2D eigenvalue weighted by molar-refractivity contribution is 0.205. The molecule has 1 saturated heterocycles. The lowest BCUT2D eigenvalue weighted by Gasteiger charge is -2.26. The maximum atomic E-state index is 5.80.